The second-order valence-corrected chi connectivity index (χ2v) is 9.02. The standard InChI is InChI=1S/C28H28N4O3/c1-17-9-10-20(15-22(17)28(4,5)27(33)34)32-25-16-21(11-13-30-25)35-24-14-18(2)19(3)31-26(24)23-8-6-7-12-29-23/h6-16H,1-5H3,(H,30,32)(H,33,34). The Balaban J connectivity index is 1.64. The Hall–Kier alpha value is -4.26. The van der Waals surface area contributed by atoms with Crippen LogP contribution >= 0.6 is 0 Å². The lowest BCUT2D eigenvalue weighted by Gasteiger charge is -2.23. The first-order valence-corrected chi connectivity index (χ1v) is 11.3. The van der Waals surface area contributed by atoms with Gasteiger partial charge in [-0.05, 0) is 87.7 Å². The van der Waals surface area contributed by atoms with Gasteiger partial charge >= 0.3 is 5.97 Å². The minimum atomic E-state index is -1.02. The molecule has 0 radical (unpaired) electrons. The van der Waals surface area contributed by atoms with E-state index in [-0.39, 0.29) is 0 Å². The Bertz CT molecular complexity index is 1380. The summed E-state index contributed by atoms with van der Waals surface area (Å²) in [5.74, 6) is 0.881. The van der Waals surface area contributed by atoms with Crippen molar-refractivity contribution in [2.75, 3.05) is 5.32 Å². The fourth-order valence-electron chi connectivity index (χ4n) is 3.75. The molecule has 0 fully saturated rings. The zero-order valence-electron chi connectivity index (χ0n) is 20.5. The van der Waals surface area contributed by atoms with Crippen LogP contribution in [0.5, 0.6) is 11.5 Å². The van der Waals surface area contributed by atoms with E-state index in [1.165, 1.54) is 0 Å². The molecule has 7 heteroatoms. The molecular weight excluding hydrogens is 440 g/mol. The van der Waals surface area contributed by atoms with Crippen molar-refractivity contribution in [2.24, 2.45) is 0 Å². The number of hydrogen-bond acceptors (Lipinski definition) is 6. The minimum absolute atomic E-state index is 0.571. The third-order valence-electron chi connectivity index (χ3n) is 6.02. The third kappa shape index (κ3) is 5.14. The second-order valence-electron chi connectivity index (χ2n) is 9.02. The molecule has 0 unspecified atom stereocenters. The number of ether oxygens (including phenoxy) is 1. The quantitative estimate of drug-likeness (QED) is 0.326. The normalized spacial score (nSPS) is 11.2. The predicted molar refractivity (Wildman–Crippen MR) is 136 cm³/mol. The molecule has 0 aliphatic heterocycles. The molecule has 0 aliphatic rings. The first-order chi connectivity index (χ1) is 16.6. The van der Waals surface area contributed by atoms with Crippen LogP contribution in [0.4, 0.5) is 11.5 Å². The number of hydrogen-bond donors (Lipinski definition) is 2. The fraction of sp³-hybridized carbons (Fsp3) is 0.214. The summed E-state index contributed by atoms with van der Waals surface area (Å²) < 4.78 is 6.25. The van der Waals surface area contributed by atoms with E-state index in [1.54, 1.807) is 38.4 Å². The van der Waals surface area contributed by atoms with Crippen molar-refractivity contribution >= 4 is 17.5 Å². The Labute approximate surface area is 204 Å². The molecule has 1 aromatic carbocycles. The third-order valence-corrected chi connectivity index (χ3v) is 6.02. The number of carboxylic acid groups (broad SMARTS) is 1. The average molecular weight is 469 g/mol. The van der Waals surface area contributed by atoms with Crippen molar-refractivity contribution in [2.45, 2.75) is 40.0 Å². The molecule has 4 rings (SSSR count). The van der Waals surface area contributed by atoms with Gasteiger partial charge in [-0.1, -0.05) is 12.1 Å². The summed E-state index contributed by atoms with van der Waals surface area (Å²) in [6.45, 7) is 9.26. The van der Waals surface area contributed by atoms with Gasteiger partial charge in [0, 0.05) is 29.8 Å². The summed E-state index contributed by atoms with van der Waals surface area (Å²) in [6, 6.07) is 16.9. The van der Waals surface area contributed by atoms with Crippen molar-refractivity contribution in [3.63, 3.8) is 0 Å². The lowest BCUT2D eigenvalue weighted by molar-refractivity contribution is -0.142. The van der Waals surface area contributed by atoms with Gasteiger partial charge in [-0.15, -0.1) is 0 Å². The SMILES string of the molecule is Cc1ccc(Nc2cc(Oc3cc(C)c(C)nc3-c3ccccn3)ccn2)cc1C(C)(C)C(=O)O. The van der Waals surface area contributed by atoms with Crippen LogP contribution in [0.25, 0.3) is 11.4 Å². The molecule has 0 atom stereocenters. The van der Waals surface area contributed by atoms with Crippen LogP contribution < -0.4 is 10.1 Å². The molecule has 0 spiro atoms. The highest BCUT2D eigenvalue weighted by Crippen LogP contribution is 2.34. The zero-order chi connectivity index (χ0) is 25.2. The van der Waals surface area contributed by atoms with Crippen LogP contribution in [-0.2, 0) is 10.2 Å². The molecule has 0 amide bonds. The number of anilines is 2. The van der Waals surface area contributed by atoms with E-state index in [2.05, 4.69) is 15.3 Å². The summed E-state index contributed by atoms with van der Waals surface area (Å²) in [4.78, 5) is 25.3. The average Bonchev–Trinajstić information content (AvgIpc) is 2.83. The molecule has 4 aromatic rings. The molecule has 35 heavy (non-hydrogen) atoms. The molecule has 178 valence electrons. The van der Waals surface area contributed by atoms with Gasteiger partial charge in [-0.2, -0.15) is 0 Å². The van der Waals surface area contributed by atoms with Gasteiger partial charge < -0.3 is 15.2 Å². The number of pyridine rings is 3. The van der Waals surface area contributed by atoms with Gasteiger partial charge in [0.05, 0.1) is 11.1 Å². The number of aliphatic carboxylic acids is 1. The number of nitrogens with zero attached hydrogens (tertiary/aromatic N) is 3. The van der Waals surface area contributed by atoms with Crippen molar-refractivity contribution in [3.8, 4) is 22.9 Å². The molecular formula is C28H28N4O3. The Morgan fingerprint density at radius 2 is 1.74 bits per heavy atom. The first kappa shape index (κ1) is 23.9. The predicted octanol–water partition coefficient (Wildman–Crippen LogP) is 6.36. The Morgan fingerprint density at radius 1 is 0.943 bits per heavy atom. The number of carboxylic acids is 1. The van der Waals surface area contributed by atoms with Gasteiger partial charge in [0.25, 0.3) is 0 Å². The monoisotopic (exact) mass is 468 g/mol. The maximum absolute atomic E-state index is 11.8. The number of nitrogens with one attached hydrogen (secondary N) is 1. The summed E-state index contributed by atoms with van der Waals surface area (Å²) in [5.41, 5.74) is 4.70. The van der Waals surface area contributed by atoms with E-state index in [0.717, 1.165) is 33.8 Å². The maximum atomic E-state index is 11.8. The van der Waals surface area contributed by atoms with E-state index in [1.807, 2.05) is 63.2 Å². The molecule has 7 nitrogen and oxygen atoms in total. The van der Waals surface area contributed by atoms with Gasteiger partial charge in [0.15, 0.2) is 5.75 Å². The van der Waals surface area contributed by atoms with Gasteiger partial charge in [0.1, 0.15) is 17.3 Å². The maximum Gasteiger partial charge on any atom is 0.313 e. The summed E-state index contributed by atoms with van der Waals surface area (Å²) in [6.07, 6.45) is 3.38. The van der Waals surface area contributed by atoms with Crippen molar-refractivity contribution < 1.29 is 14.6 Å². The number of aryl methyl sites for hydroxylation is 3. The van der Waals surface area contributed by atoms with Crippen LogP contribution in [0.3, 0.4) is 0 Å². The van der Waals surface area contributed by atoms with Crippen molar-refractivity contribution in [1.82, 2.24) is 15.0 Å². The van der Waals surface area contributed by atoms with E-state index >= 15 is 0 Å². The summed E-state index contributed by atoms with van der Waals surface area (Å²) in [5, 5.41) is 12.9. The van der Waals surface area contributed by atoms with Gasteiger partial charge in [-0.3, -0.25) is 9.78 Å². The van der Waals surface area contributed by atoms with E-state index in [0.29, 0.717) is 23.0 Å². The Kier molecular flexibility index (Phi) is 6.51. The van der Waals surface area contributed by atoms with Crippen LogP contribution in [0.1, 0.15) is 36.2 Å². The first-order valence-electron chi connectivity index (χ1n) is 11.3. The van der Waals surface area contributed by atoms with Crippen LogP contribution in [-0.4, -0.2) is 26.0 Å². The highest BCUT2D eigenvalue weighted by atomic mass is 16.5. The molecule has 3 aromatic heterocycles. The summed E-state index contributed by atoms with van der Waals surface area (Å²) in [7, 11) is 0. The molecule has 0 saturated carbocycles. The van der Waals surface area contributed by atoms with E-state index < -0.39 is 11.4 Å². The fourth-order valence-corrected chi connectivity index (χ4v) is 3.75. The molecule has 0 bridgehead atoms. The smallest absolute Gasteiger partial charge is 0.313 e. The van der Waals surface area contributed by atoms with Crippen molar-refractivity contribution in [1.29, 1.82) is 0 Å². The summed E-state index contributed by atoms with van der Waals surface area (Å²) >= 11 is 0. The topological polar surface area (TPSA) is 97.2 Å². The second kappa shape index (κ2) is 9.54. The number of benzene rings is 1. The molecule has 2 N–H and O–H groups in total. The molecule has 0 aliphatic carbocycles. The lowest BCUT2D eigenvalue weighted by Crippen LogP contribution is -2.29. The lowest BCUT2D eigenvalue weighted by atomic mass is 9.82. The van der Waals surface area contributed by atoms with Crippen LogP contribution in [0.2, 0.25) is 0 Å². The highest BCUT2D eigenvalue weighted by Gasteiger charge is 2.31. The zero-order valence-corrected chi connectivity index (χ0v) is 20.5. The van der Waals surface area contributed by atoms with Gasteiger partial charge in [0.2, 0.25) is 0 Å². The van der Waals surface area contributed by atoms with E-state index in [4.69, 9.17) is 9.72 Å². The minimum Gasteiger partial charge on any atom is -0.481 e. The number of carbonyl (C=O) groups is 1. The van der Waals surface area contributed by atoms with Gasteiger partial charge in [-0.25, -0.2) is 9.97 Å². The largest absolute Gasteiger partial charge is 0.481 e. The number of aromatic nitrogens is 3. The van der Waals surface area contributed by atoms with Crippen LogP contribution in [0, 0.1) is 20.8 Å². The van der Waals surface area contributed by atoms with E-state index in [9.17, 15) is 9.90 Å². The van der Waals surface area contributed by atoms with Crippen LogP contribution in [0.15, 0.2) is 67.0 Å². The highest BCUT2D eigenvalue weighted by molar-refractivity contribution is 5.81. The van der Waals surface area contributed by atoms with Crippen molar-refractivity contribution in [3.05, 3.63) is 89.4 Å². The molecule has 0 saturated heterocycles. The number of rotatable bonds is 7. The Morgan fingerprint density at radius 3 is 2.46 bits per heavy atom. The molecule has 3 heterocycles.